The maximum absolute atomic E-state index is 14.2. The number of hydrogen-bond acceptors (Lipinski definition) is 7. The van der Waals surface area contributed by atoms with Crippen molar-refractivity contribution in [1.29, 1.82) is 0 Å². The SMILES string of the molecule is COc1ccc(N(CC(=O)N(Cc2ccccc2C)[C@H](C)C(=O)NC2CCCCC2)S(=O)(=O)c2ccc(C)c([N+](=O)[O-])c2)cc1. The van der Waals surface area contributed by atoms with Gasteiger partial charge in [0.15, 0.2) is 0 Å². The second-order valence-corrected chi connectivity index (χ2v) is 13.2. The number of sulfonamides is 1. The van der Waals surface area contributed by atoms with Crippen LogP contribution >= 0.6 is 0 Å². The molecule has 1 aliphatic carbocycles. The lowest BCUT2D eigenvalue weighted by Crippen LogP contribution is -2.53. The first-order chi connectivity index (χ1) is 21.4. The number of nitrogens with zero attached hydrogens (tertiary/aromatic N) is 3. The van der Waals surface area contributed by atoms with Crippen LogP contribution in [0.3, 0.4) is 0 Å². The Hall–Kier alpha value is -4.45. The number of benzene rings is 3. The van der Waals surface area contributed by atoms with Crippen LogP contribution in [0.15, 0.2) is 71.6 Å². The van der Waals surface area contributed by atoms with Crippen LogP contribution in [0.1, 0.15) is 55.7 Å². The van der Waals surface area contributed by atoms with Crippen LogP contribution in [0.2, 0.25) is 0 Å². The number of methoxy groups -OCH3 is 1. The number of aryl methyl sites for hydroxylation is 2. The molecule has 1 aliphatic rings. The second-order valence-electron chi connectivity index (χ2n) is 11.4. The molecule has 240 valence electrons. The van der Waals surface area contributed by atoms with Crippen molar-refractivity contribution in [2.24, 2.45) is 0 Å². The minimum absolute atomic E-state index is 0.0256. The molecular weight excluding hydrogens is 596 g/mol. The Morgan fingerprint density at radius 1 is 1.00 bits per heavy atom. The van der Waals surface area contributed by atoms with Crippen molar-refractivity contribution in [2.75, 3.05) is 18.0 Å². The zero-order valence-corrected chi connectivity index (χ0v) is 26.9. The van der Waals surface area contributed by atoms with E-state index in [1.807, 2.05) is 31.2 Å². The largest absolute Gasteiger partial charge is 0.497 e. The Kier molecular flexibility index (Phi) is 10.8. The van der Waals surface area contributed by atoms with E-state index in [1.54, 1.807) is 19.1 Å². The highest BCUT2D eigenvalue weighted by Crippen LogP contribution is 2.30. The van der Waals surface area contributed by atoms with Gasteiger partial charge in [0.25, 0.3) is 15.7 Å². The molecule has 3 aromatic rings. The Morgan fingerprint density at radius 3 is 2.29 bits per heavy atom. The van der Waals surface area contributed by atoms with Gasteiger partial charge in [-0.1, -0.05) is 49.6 Å². The highest BCUT2D eigenvalue weighted by molar-refractivity contribution is 7.92. The summed E-state index contributed by atoms with van der Waals surface area (Å²) in [6.07, 6.45) is 4.92. The summed E-state index contributed by atoms with van der Waals surface area (Å²) in [4.78, 5) is 39.8. The van der Waals surface area contributed by atoms with Gasteiger partial charge in [-0.3, -0.25) is 24.0 Å². The van der Waals surface area contributed by atoms with Gasteiger partial charge in [0.1, 0.15) is 18.3 Å². The average molecular weight is 637 g/mol. The van der Waals surface area contributed by atoms with Crippen molar-refractivity contribution in [3.8, 4) is 5.75 Å². The standard InChI is InChI=1S/C33H40N4O7S/c1-23-10-8-9-11-26(23)21-35(25(3)33(39)34-27-12-6-5-7-13-27)32(38)22-36(28-15-17-29(44-4)18-16-28)45(42,43)30-19-14-24(2)31(20-30)37(40)41/h8-11,14-20,25,27H,5-7,12-13,21-22H2,1-4H3,(H,34,39)/t25-/m1/s1. The van der Waals surface area contributed by atoms with Gasteiger partial charge in [0, 0.05) is 24.2 Å². The molecule has 11 nitrogen and oxygen atoms in total. The van der Waals surface area contributed by atoms with Gasteiger partial charge in [-0.05, 0) is 75.1 Å². The molecular formula is C33H40N4O7S. The summed E-state index contributed by atoms with van der Waals surface area (Å²) in [7, 11) is -3.01. The molecule has 0 radical (unpaired) electrons. The maximum atomic E-state index is 14.2. The summed E-state index contributed by atoms with van der Waals surface area (Å²) in [5.41, 5.74) is 1.83. The lowest BCUT2D eigenvalue weighted by atomic mass is 9.95. The van der Waals surface area contributed by atoms with Crippen LogP contribution in [-0.4, -0.2) is 55.8 Å². The predicted molar refractivity (Wildman–Crippen MR) is 172 cm³/mol. The van der Waals surface area contributed by atoms with E-state index in [2.05, 4.69) is 5.32 Å². The van der Waals surface area contributed by atoms with Crippen LogP contribution in [0.4, 0.5) is 11.4 Å². The number of carbonyl (C=O) groups excluding carboxylic acids is 2. The lowest BCUT2D eigenvalue weighted by Gasteiger charge is -2.33. The molecule has 0 saturated heterocycles. The maximum Gasteiger partial charge on any atom is 0.273 e. The molecule has 2 amide bonds. The van der Waals surface area contributed by atoms with Crippen molar-refractivity contribution >= 4 is 33.2 Å². The number of nitro benzene ring substituents is 1. The summed E-state index contributed by atoms with van der Waals surface area (Å²) in [5.74, 6) is -0.440. The van der Waals surface area contributed by atoms with E-state index in [4.69, 9.17) is 4.74 Å². The molecule has 0 heterocycles. The smallest absolute Gasteiger partial charge is 0.273 e. The fraction of sp³-hybridized carbons (Fsp3) is 0.394. The molecule has 0 unspecified atom stereocenters. The Morgan fingerprint density at radius 2 is 1.67 bits per heavy atom. The van der Waals surface area contributed by atoms with Crippen molar-refractivity contribution in [2.45, 2.75) is 76.4 Å². The van der Waals surface area contributed by atoms with Gasteiger partial charge in [0.2, 0.25) is 11.8 Å². The topological polar surface area (TPSA) is 139 Å². The van der Waals surface area contributed by atoms with Gasteiger partial charge in [-0.2, -0.15) is 0 Å². The number of nitro groups is 1. The third kappa shape index (κ3) is 7.99. The number of ether oxygens (including phenoxy) is 1. The molecule has 4 rings (SSSR count). The summed E-state index contributed by atoms with van der Waals surface area (Å²) < 4.78 is 34.4. The highest BCUT2D eigenvalue weighted by atomic mass is 32.2. The molecule has 1 atom stereocenters. The molecule has 3 aromatic carbocycles. The quantitative estimate of drug-likeness (QED) is 0.211. The summed E-state index contributed by atoms with van der Waals surface area (Å²) >= 11 is 0. The van der Waals surface area contributed by atoms with Crippen molar-refractivity contribution in [3.63, 3.8) is 0 Å². The van der Waals surface area contributed by atoms with E-state index in [0.29, 0.717) is 11.3 Å². The molecule has 0 aromatic heterocycles. The molecule has 1 saturated carbocycles. The van der Waals surface area contributed by atoms with E-state index < -0.39 is 33.4 Å². The number of nitrogens with one attached hydrogen (secondary N) is 1. The van der Waals surface area contributed by atoms with Gasteiger partial charge in [-0.25, -0.2) is 8.42 Å². The fourth-order valence-corrected chi connectivity index (χ4v) is 6.91. The summed E-state index contributed by atoms with van der Waals surface area (Å²) in [6, 6.07) is 16.4. The minimum atomic E-state index is -4.48. The molecule has 0 aliphatic heterocycles. The number of amides is 2. The summed E-state index contributed by atoms with van der Waals surface area (Å²) in [6.45, 7) is 4.50. The predicted octanol–water partition coefficient (Wildman–Crippen LogP) is 5.28. The molecule has 1 fully saturated rings. The number of rotatable bonds is 12. The Bertz CT molecular complexity index is 1640. The number of hydrogen-bond donors (Lipinski definition) is 1. The molecule has 0 bridgehead atoms. The van der Waals surface area contributed by atoms with Gasteiger partial charge in [0.05, 0.1) is 22.6 Å². The second kappa shape index (κ2) is 14.6. The van der Waals surface area contributed by atoms with Gasteiger partial charge in [-0.15, -0.1) is 0 Å². The highest BCUT2D eigenvalue weighted by Gasteiger charge is 2.34. The minimum Gasteiger partial charge on any atom is -0.497 e. The Labute approximate surface area is 264 Å². The first kappa shape index (κ1) is 33.4. The zero-order valence-electron chi connectivity index (χ0n) is 26.1. The first-order valence-electron chi connectivity index (χ1n) is 15.0. The van der Waals surface area contributed by atoms with Crippen LogP contribution in [0.25, 0.3) is 0 Å². The molecule has 1 N–H and O–H groups in total. The Balaban J connectivity index is 1.73. The lowest BCUT2D eigenvalue weighted by molar-refractivity contribution is -0.385. The van der Waals surface area contributed by atoms with Crippen LogP contribution in [0, 0.1) is 24.0 Å². The van der Waals surface area contributed by atoms with E-state index >= 15 is 0 Å². The van der Waals surface area contributed by atoms with Crippen LogP contribution < -0.4 is 14.4 Å². The van der Waals surface area contributed by atoms with E-state index in [-0.39, 0.29) is 34.8 Å². The van der Waals surface area contributed by atoms with Crippen LogP contribution in [-0.2, 0) is 26.2 Å². The van der Waals surface area contributed by atoms with Crippen molar-refractivity contribution in [1.82, 2.24) is 10.2 Å². The van der Waals surface area contributed by atoms with Crippen LogP contribution in [0.5, 0.6) is 5.75 Å². The monoisotopic (exact) mass is 636 g/mol. The van der Waals surface area contributed by atoms with E-state index in [1.165, 1.54) is 43.2 Å². The zero-order chi connectivity index (χ0) is 32.7. The van der Waals surface area contributed by atoms with E-state index in [9.17, 15) is 28.1 Å². The normalized spacial score (nSPS) is 14.3. The number of carbonyl (C=O) groups is 2. The van der Waals surface area contributed by atoms with Gasteiger partial charge < -0.3 is 15.0 Å². The van der Waals surface area contributed by atoms with E-state index in [0.717, 1.165) is 53.6 Å². The number of anilines is 1. The third-order valence-electron chi connectivity index (χ3n) is 8.33. The first-order valence-corrected chi connectivity index (χ1v) is 16.4. The summed E-state index contributed by atoms with van der Waals surface area (Å²) in [5, 5.41) is 14.7. The molecule has 12 heteroatoms. The van der Waals surface area contributed by atoms with Crippen molar-refractivity contribution < 1.29 is 27.7 Å². The molecule has 0 spiro atoms. The molecule has 45 heavy (non-hydrogen) atoms. The van der Waals surface area contributed by atoms with Crippen molar-refractivity contribution in [3.05, 3.63) is 93.5 Å². The fourth-order valence-electron chi connectivity index (χ4n) is 5.47. The average Bonchev–Trinajstić information content (AvgIpc) is 3.03. The third-order valence-corrected chi connectivity index (χ3v) is 10.1. The van der Waals surface area contributed by atoms with Gasteiger partial charge >= 0.3 is 0 Å².